The molecule has 0 rings (SSSR count). The second-order valence-electron chi connectivity index (χ2n) is 3.92. The van der Waals surface area contributed by atoms with Crippen LogP contribution in [0.25, 0.3) is 0 Å². The molecule has 0 aromatic rings. The molecule has 0 radical (unpaired) electrons. The van der Waals surface area contributed by atoms with Gasteiger partial charge in [0.25, 0.3) is 0 Å². The third-order valence-electron chi connectivity index (χ3n) is 1.77. The van der Waals surface area contributed by atoms with Gasteiger partial charge in [0.2, 0.25) is 0 Å². The molecule has 0 bridgehead atoms. The fourth-order valence-electron chi connectivity index (χ4n) is 1.25. The minimum absolute atomic E-state index is 0.221. The molecule has 0 fully saturated rings. The Morgan fingerprint density at radius 3 is 1.45 bits per heavy atom. The van der Waals surface area contributed by atoms with Crippen LogP contribution in [-0.2, 0) is 0 Å². The van der Waals surface area contributed by atoms with Crippen LogP contribution >= 0.6 is 7.92 Å². The van der Waals surface area contributed by atoms with Crippen LogP contribution in [-0.4, -0.2) is 36.6 Å². The topological polar surface area (TPSA) is 3.24 Å². The molecule has 0 saturated carbocycles. The van der Waals surface area contributed by atoms with E-state index in [0.717, 1.165) is 0 Å². The van der Waals surface area contributed by atoms with Crippen molar-refractivity contribution in [3.05, 3.63) is 0 Å². The van der Waals surface area contributed by atoms with E-state index in [1.54, 1.807) is 0 Å². The van der Waals surface area contributed by atoms with Crippen LogP contribution in [0, 0.1) is 0 Å². The van der Waals surface area contributed by atoms with E-state index in [2.05, 4.69) is 45.9 Å². The Labute approximate surface area is 72.9 Å². The first-order valence-electron chi connectivity index (χ1n) is 4.35. The molecular formula is C9H22NP. The summed E-state index contributed by atoms with van der Waals surface area (Å²) in [5.74, 6) is 0. The highest BCUT2D eigenvalue weighted by molar-refractivity contribution is 7.55. The number of hydrogen-bond acceptors (Lipinski definition) is 1. The van der Waals surface area contributed by atoms with Crippen molar-refractivity contribution in [1.29, 1.82) is 0 Å². The Kier molecular flexibility index (Phi) is 5.29. The van der Waals surface area contributed by atoms with Gasteiger partial charge in [-0.25, -0.2) is 0 Å². The maximum Gasteiger partial charge on any atom is 0.0184 e. The first kappa shape index (κ1) is 11.4. The molecule has 0 heterocycles. The van der Waals surface area contributed by atoms with Crippen molar-refractivity contribution < 1.29 is 0 Å². The maximum atomic E-state index is 2.56. The first-order valence-corrected chi connectivity index (χ1v) is 6.77. The van der Waals surface area contributed by atoms with E-state index >= 15 is 0 Å². The van der Waals surface area contributed by atoms with Crippen molar-refractivity contribution >= 4 is 7.92 Å². The molecule has 0 aliphatic rings. The molecule has 0 aromatic heterocycles. The monoisotopic (exact) mass is 175 g/mol. The average Bonchev–Trinajstić information content (AvgIpc) is 1.81. The highest BCUT2D eigenvalue weighted by Gasteiger charge is 2.13. The molecule has 0 atom stereocenters. The van der Waals surface area contributed by atoms with Gasteiger partial charge in [0.15, 0.2) is 0 Å². The van der Waals surface area contributed by atoms with E-state index in [0.29, 0.717) is 12.1 Å². The minimum atomic E-state index is 0.221. The van der Waals surface area contributed by atoms with Gasteiger partial charge < -0.3 is 0 Å². The van der Waals surface area contributed by atoms with Gasteiger partial charge >= 0.3 is 0 Å². The molecule has 11 heavy (non-hydrogen) atoms. The third kappa shape index (κ3) is 4.76. The van der Waals surface area contributed by atoms with E-state index < -0.39 is 0 Å². The number of hydrogen-bond donors (Lipinski definition) is 0. The Morgan fingerprint density at radius 1 is 1.00 bits per heavy atom. The van der Waals surface area contributed by atoms with Crippen molar-refractivity contribution in [2.75, 3.05) is 19.6 Å². The lowest BCUT2D eigenvalue weighted by Crippen LogP contribution is -2.36. The van der Waals surface area contributed by atoms with E-state index in [4.69, 9.17) is 0 Å². The highest BCUT2D eigenvalue weighted by atomic mass is 31.1. The van der Waals surface area contributed by atoms with Crippen molar-refractivity contribution in [3.8, 4) is 0 Å². The summed E-state index contributed by atoms with van der Waals surface area (Å²) in [7, 11) is 0.221. The molecule has 1 nitrogen and oxygen atoms in total. The lowest BCUT2D eigenvalue weighted by atomic mass is 10.2. The predicted octanol–water partition coefficient (Wildman–Crippen LogP) is 2.80. The molecule has 0 aliphatic carbocycles. The Hall–Kier alpha value is 0.390. The molecule has 0 amide bonds. The van der Waals surface area contributed by atoms with Gasteiger partial charge in [0, 0.05) is 18.4 Å². The van der Waals surface area contributed by atoms with Crippen LogP contribution < -0.4 is 0 Å². The van der Waals surface area contributed by atoms with E-state index in [1.807, 2.05) is 0 Å². The van der Waals surface area contributed by atoms with E-state index in [9.17, 15) is 0 Å². The third-order valence-corrected chi connectivity index (χ3v) is 2.67. The molecular weight excluding hydrogens is 153 g/mol. The van der Waals surface area contributed by atoms with Gasteiger partial charge in [-0.2, -0.15) is 0 Å². The van der Waals surface area contributed by atoms with Crippen LogP contribution in [0.3, 0.4) is 0 Å². The first-order chi connectivity index (χ1) is 4.95. The lowest BCUT2D eigenvalue weighted by Gasteiger charge is -2.31. The summed E-state index contributed by atoms with van der Waals surface area (Å²) in [5, 5.41) is 0. The Balaban J connectivity index is 3.90. The van der Waals surface area contributed by atoms with Crippen LogP contribution in [0.4, 0.5) is 0 Å². The second-order valence-corrected chi connectivity index (χ2v) is 6.36. The van der Waals surface area contributed by atoms with Crippen LogP contribution in [0.1, 0.15) is 27.7 Å². The SMILES string of the molecule is CC(C)N(CP(C)C)C(C)C. The molecule has 0 aliphatic heterocycles. The lowest BCUT2D eigenvalue weighted by molar-refractivity contribution is 0.209. The van der Waals surface area contributed by atoms with Crippen molar-refractivity contribution in [1.82, 2.24) is 4.90 Å². The van der Waals surface area contributed by atoms with Crippen molar-refractivity contribution in [2.24, 2.45) is 0 Å². The van der Waals surface area contributed by atoms with Crippen LogP contribution in [0.15, 0.2) is 0 Å². The van der Waals surface area contributed by atoms with Gasteiger partial charge in [-0.1, -0.05) is 7.92 Å². The average molecular weight is 175 g/mol. The molecule has 0 aromatic carbocycles. The summed E-state index contributed by atoms with van der Waals surface area (Å²) in [5.41, 5.74) is 0. The smallest absolute Gasteiger partial charge is 0.0184 e. The summed E-state index contributed by atoms with van der Waals surface area (Å²) in [6, 6.07) is 1.39. The summed E-state index contributed by atoms with van der Waals surface area (Å²) in [4.78, 5) is 2.56. The molecule has 0 N–H and O–H groups in total. The second kappa shape index (κ2) is 5.11. The Bertz CT molecular complexity index is 91.7. The largest absolute Gasteiger partial charge is 0.294 e. The summed E-state index contributed by atoms with van der Waals surface area (Å²) < 4.78 is 0. The van der Waals surface area contributed by atoms with Gasteiger partial charge in [-0.3, -0.25) is 4.90 Å². The summed E-state index contributed by atoms with van der Waals surface area (Å²) in [6.07, 6.45) is 1.28. The molecule has 0 spiro atoms. The highest BCUT2D eigenvalue weighted by Crippen LogP contribution is 2.27. The quantitative estimate of drug-likeness (QED) is 0.594. The van der Waals surface area contributed by atoms with Gasteiger partial charge in [-0.05, 0) is 41.0 Å². The number of rotatable bonds is 4. The fourth-order valence-corrected chi connectivity index (χ4v) is 2.56. The molecule has 0 unspecified atom stereocenters. The van der Waals surface area contributed by atoms with Crippen LogP contribution in [0.5, 0.6) is 0 Å². The number of nitrogens with zero attached hydrogens (tertiary/aromatic N) is 1. The van der Waals surface area contributed by atoms with Crippen molar-refractivity contribution in [3.63, 3.8) is 0 Å². The molecule has 0 saturated heterocycles. The van der Waals surface area contributed by atoms with Crippen LogP contribution in [0.2, 0.25) is 0 Å². The predicted molar refractivity (Wildman–Crippen MR) is 55.7 cm³/mol. The Morgan fingerprint density at radius 2 is 1.36 bits per heavy atom. The van der Waals surface area contributed by atoms with Crippen molar-refractivity contribution in [2.45, 2.75) is 39.8 Å². The fraction of sp³-hybridized carbons (Fsp3) is 1.00. The summed E-state index contributed by atoms with van der Waals surface area (Å²) >= 11 is 0. The zero-order valence-electron chi connectivity index (χ0n) is 8.76. The molecule has 68 valence electrons. The normalized spacial score (nSPS) is 12.5. The zero-order chi connectivity index (χ0) is 9.02. The zero-order valence-corrected chi connectivity index (χ0v) is 9.65. The van der Waals surface area contributed by atoms with Gasteiger partial charge in [0.05, 0.1) is 0 Å². The van der Waals surface area contributed by atoms with E-state index in [-0.39, 0.29) is 7.92 Å². The molecule has 2 heteroatoms. The standard InChI is InChI=1S/C9H22NP/c1-8(2)10(9(3)4)7-11(5)6/h8-9H,7H2,1-6H3. The maximum absolute atomic E-state index is 2.56. The van der Waals surface area contributed by atoms with Gasteiger partial charge in [-0.15, -0.1) is 0 Å². The van der Waals surface area contributed by atoms with Gasteiger partial charge in [0.1, 0.15) is 0 Å². The summed E-state index contributed by atoms with van der Waals surface area (Å²) in [6.45, 7) is 13.8. The van der Waals surface area contributed by atoms with E-state index in [1.165, 1.54) is 6.29 Å². The minimum Gasteiger partial charge on any atom is -0.294 e.